The molecule has 10 heteroatoms. The summed E-state index contributed by atoms with van der Waals surface area (Å²) >= 11 is 1.34. The highest BCUT2D eigenvalue weighted by Crippen LogP contribution is 2.19. The van der Waals surface area contributed by atoms with Gasteiger partial charge in [-0.25, -0.2) is 9.67 Å². The van der Waals surface area contributed by atoms with Gasteiger partial charge in [-0.1, -0.05) is 11.8 Å². The predicted octanol–water partition coefficient (Wildman–Crippen LogP) is 0.471. The Morgan fingerprint density at radius 3 is 3.12 bits per heavy atom. The van der Waals surface area contributed by atoms with Gasteiger partial charge in [0.25, 0.3) is 0 Å². The fraction of sp³-hybridized carbons (Fsp3) is 0.571. The summed E-state index contributed by atoms with van der Waals surface area (Å²) in [5, 5.41) is 11.8. The van der Waals surface area contributed by atoms with Crippen molar-refractivity contribution in [2.45, 2.75) is 31.0 Å². The van der Waals surface area contributed by atoms with Crippen LogP contribution in [-0.2, 0) is 11.8 Å². The molecular weight excluding hydrogens is 330 g/mol. The van der Waals surface area contributed by atoms with Crippen molar-refractivity contribution in [3.05, 3.63) is 18.1 Å². The van der Waals surface area contributed by atoms with Crippen LogP contribution < -0.4 is 4.74 Å². The zero-order chi connectivity index (χ0) is 16.9. The average molecular weight is 349 g/mol. The molecule has 3 rings (SSSR count). The lowest BCUT2D eigenvalue weighted by Gasteiger charge is -2.32. The number of hydrogen-bond donors (Lipinski definition) is 0. The van der Waals surface area contributed by atoms with Crippen LogP contribution in [-0.4, -0.2) is 65.9 Å². The summed E-state index contributed by atoms with van der Waals surface area (Å²) in [6.07, 6.45) is 3.46. The van der Waals surface area contributed by atoms with Gasteiger partial charge in [0.1, 0.15) is 11.9 Å². The van der Waals surface area contributed by atoms with Crippen molar-refractivity contribution in [3.63, 3.8) is 0 Å². The van der Waals surface area contributed by atoms with Gasteiger partial charge in [0.2, 0.25) is 16.9 Å². The Morgan fingerprint density at radius 2 is 2.38 bits per heavy atom. The number of likely N-dealkylation sites (tertiary alicyclic amines) is 1. The Hall–Kier alpha value is -2.23. The Morgan fingerprint density at radius 1 is 1.50 bits per heavy atom. The molecule has 9 nitrogen and oxygen atoms in total. The highest BCUT2D eigenvalue weighted by molar-refractivity contribution is 7.99. The number of piperidine rings is 1. The Kier molecular flexibility index (Phi) is 5.24. The fourth-order valence-electron chi connectivity index (χ4n) is 2.49. The van der Waals surface area contributed by atoms with Crippen molar-refractivity contribution in [2.75, 3.05) is 18.8 Å². The maximum Gasteiger partial charge on any atom is 0.233 e. The van der Waals surface area contributed by atoms with Gasteiger partial charge in [0, 0.05) is 25.9 Å². The number of aromatic nitrogens is 6. The second-order valence-electron chi connectivity index (χ2n) is 5.54. The lowest BCUT2D eigenvalue weighted by molar-refractivity contribution is -0.130. The van der Waals surface area contributed by atoms with E-state index < -0.39 is 0 Å². The van der Waals surface area contributed by atoms with Crippen LogP contribution >= 0.6 is 11.8 Å². The summed E-state index contributed by atoms with van der Waals surface area (Å²) in [7, 11) is 1.75. The zero-order valence-corrected chi connectivity index (χ0v) is 14.4. The van der Waals surface area contributed by atoms with E-state index in [1.807, 2.05) is 11.8 Å². The molecule has 1 aliphatic heterocycles. The third kappa shape index (κ3) is 4.19. The van der Waals surface area contributed by atoms with E-state index in [0.29, 0.717) is 29.2 Å². The molecule has 0 bridgehead atoms. The summed E-state index contributed by atoms with van der Waals surface area (Å²) < 4.78 is 7.45. The summed E-state index contributed by atoms with van der Waals surface area (Å²) in [6.45, 7) is 3.14. The second-order valence-corrected chi connectivity index (χ2v) is 6.48. The molecule has 24 heavy (non-hydrogen) atoms. The molecular formula is C14H19N7O2S. The third-order valence-electron chi connectivity index (χ3n) is 3.67. The first-order valence-corrected chi connectivity index (χ1v) is 8.69. The van der Waals surface area contributed by atoms with E-state index in [0.717, 1.165) is 19.4 Å². The molecule has 0 saturated carbocycles. The molecule has 3 heterocycles. The summed E-state index contributed by atoms with van der Waals surface area (Å²) in [5.41, 5.74) is 0. The summed E-state index contributed by atoms with van der Waals surface area (Å²) in [6, 6.07) is 1.74. The van der Waals surface area contributed by atoms with E-state index in [4.69, 9.17) is 4.74 Å². The SMILES string of the molecule is Cc1nccc(OC2CCCN(C(=O)CSc3nnnn3C)C2)n1. The topological polar surface area (TPSA) is 98.9 Å². The van der Waals surface area contributed by atoms with Gasteiger partial charge in [-0.05, 0) is 30.2 Å². The molecule has 1 atom stereocenters. The molecule has 0 radical (unpaired) electrons. The molecule has 1 fully saturated rings. The van der Waals surface area contributed by atoms with Crippen LogP contribution in [0.1, 0.15) is 18.7 Å². The molecule has 128 valence electrons. The van der Waals surface area contributed by atoms with E-state index >= 15 is 0 Å². The van der Waals surface area contributed by atoms with E-state index in [9.17, 15) is 4.79 Å². The number of tetrazole rings is 1. The molecule has 0 N–H and O–H groups in total. The van der Waals surface area contributed by atoms with Crippen LogP contribution in [0.15, 0.2) is 17.4 Å². The standard InChI is InChI=1S/C14H19N7O2S/c1-10-15-6-5-12(16-10)23-11-4-3-7-21(8-11)13(22)9-24-14-17-18-19-20(14)2/h5-6,11H,3-4,7-9H2,1-2H3. The summed E-state index contributed by atoms with van der Waals surface area (Å²) in [4.78, 5) is 22.5. The average Bonchev–Trinajstić information content (AvgIpc) is 2.98. The monoisotopic (exact) mass is 349 g/mol. The smallest absolute Gasteiger partial charge is 0.233 e. The van der Waals surface area contributed by atoms with Crippen LogP contribution in [0, 0.1) is 6.92 Å². The highest BCUT2D eigenvalue weighted by Gasteiger charge is 2.25. The number of ether oxygens (including phenoxy) is 1. The number of thioether (sulfide) groups is 1. The molecule has 0 spiro atoms. The Labute approximate surface area is 143 Å². The predicted molar refractivity (Wildman–Crippen MR) is 86.5 cm³/mol. The number of carbonyl (C=O) groups is 1. The molecule has 2 aromatic rings. The van der Waals surface area contributed by atoms with Gasteiger partial charge in [-0.15, -0.1) is 5.10 Å². The van der Waals surface area contributed by atoms with Crippen LogP contribution in [0.2, 0.25) is 0 Å². The zero-order valence-electron chi connectivity index (χ0n) is 13.6. The van der Waals surface area contributed by atoms with Crippen molar-refractivity contribution in [2.24, 2.45) is 7.05 Å². The van der Waals surface area contributed by atoms with Crippen LogP contribution in [0.5, 0.6) is 5.88 Å². The minimum atomic E-state index is -0.0431. The first-order chi connectivity index (χ1) is 11.6. The molecule has 2 aromatic heterocycles. The lowest BCUT2D eigenvalue weighted by atomic mass is 10.1. The maximum absolute atomic E-state index is 12.4. The summed E-state index contributed by atoms with van der Waals surface area (Å²) in [5.74, 6) is 1.61. The Bertz CT molecular complexity index is 708. The Balaban J connectivity index is 1.53. The molecule has 1 saturated heterocycles. The number of carbonyl (C=O) groups excluding carboxylic acids is 1. The molecule has 0 aliphatic carbocycles. The molecule has 1 amide bonds. The van der Waals surface area contributed by atoms with Crippen molar-refractivity contribution in [1.82, 2.24) is 35.1 Å². The number of amides is 1. The quantitative estimate of drug-likeness (QED) is 0.718. The largest absolute Gasteiger partial charge is 0.472 e. The van der Waals surface area contributed by atoms with Gasteiger partial charge in [-0.3, -0.25) is 4.79 Å². The van der Waals surface area contributed by atoms with Gasteiger partial charge >= 0.3 is 0 Å². The lowest BCUT2D eigenvalue weighted by Crippen LogP contribution is -2.45. The first kappa shape index (κ1) is 16.6. The fourth-order valence-corrected chi connectivity index (χ4v) is 3.25. The van der Waals surface area contributed by atoms with Crippen molar-refractivity contribution in [3.8, 4) is 5.88 Å². The van der Waals surface area contributed by atoms with Gasteiger partial charge in [-0.2, -0.15) is 4.98 Å². The number of nitrogens with zero attached hydrogens (tertiary/aromatic N) is 7. The van der Waals surface area contributed by atoms with Crippen LogP contribution in [0.25, 0.3) is 0 Å². The number of rotatable bonds is 5. The third-order valence-corrected chi connectivity index (χ3v) is 4.67. The van der Waals surface area contributed by atoms with E-state index in [1.165, 1.54) is 11.8 Å². The second kappa shape index (κ2) is 7.56. The maximum atomic E-state index is 12.4. The first-order valence-electron chi connectivity index (χ1n) is 7.71. The van der Waals surface area contributed by atoms with Crippen LogP contribution in [0.4, 0.5) is 0 Å². The molecule has 1 unspecified atom stereocenters. The minimum Gasteiger partial charge on any atom is -0.472 e. The van der Waals surface area contributed by atoms with Gasteiger partial charge < -0.3 is 9.64 Å². The van der Waals surface area contributed by atoms with Gasteiger partial charge in [0.15, 0.2) is 0 Å². The molecule has 0 aromatic carbocycles. The van der Waals surface area contributed by atoms with Crippen molar-refractivity contribution >= 4 is 17.7 Å². The van der Waals surface area contributed by atoms with Crippen molar-refractivity contribution < 1.29 is 9.53 Å². The normalized spacial score (nSPS) is 17.8. The highest BCUT2D eigenvalue weighted by atomic mass is 32.2. The van der Waals surface area contributed by atoms with E-state index in [-0.39, 0.29) is 12.0 Å². The minimum absolute atomic E-state index is 0.0431. The number of aryl methyl sites for hydroxylation is 2. The van der Waals surface area contributed by atoms with E-state index in [1.54, 1.807) is 24.0 Å². The van der Waals surface area contributed by atoms with Crippen LogP contribution in [0.3, 0.4) is 0 Å². The number of hydrogen-bond acceptors (Lipinski definition) is 8. The molecule has 1 aliphatic rings. The van der Waals surface area contributed by atoms with Crippen molar-refractivity contribution in [1.29, 1.82) is 0 Å². The van der Waals surface area contributed by atoms with Gasteiger partial charge in [0.05, 0.1) is 12.3 Å². The van der Waals surface area contributed by atoms with E-state index in [2.05, 4.69) is 25.5 Å².